The van der Waals surface area contributed by atoms with Crippen LogP contribution in [0.25, 0.3) is 0 Å². The van der Waals surface area contributed by atoms with Crippen LogP contribution in [0.1, 0.15) is 32.6 Å². The van der Waals surface area contributed by atoms with Crippen molar-refractivity contribution in [1.82, 2.24) is 5.32 Å². The number of anilines is 1. The number of hydrogen-bond acceptors (Lipinski definition) is 1. The molecule has 2 atom stereocenters. The molecule has 0 saturated heterocycles. The van der Waals surface area contributed by atoms with Crippen LogP contribution >= 0.6 is 11.6 Å². The molecule has 2 unspecified atom stereocenters. The van der Waals surface area contributed by atoms with Crippen LogP contribution in [0.5, 0.6) is 0 Å². The quantitative estimate of drug-likeness (QED) is 0.833. The van der Waals surface area contributed by atoms with Gasteiger partial charge >= 0.3 is 6.03 Å². The van der Waals surface area contributed by atoms with Crippen molar-refractivity contribution in [2.75, 3.05) is 5.32 Å². The Hall–Kier alpha value is -1.22. The number of halogens is 1. The molecule has 2 N–H and O–H groups in total. The van der Waals surface area contributed by atoms with E-state index in [2.05, 4.69) is 17.6 Å². The second-order valence-electron chi connectivity index (χ2n) is 4.98. The number of urea groups is 1. The van der Waals surface area contributed by atoms with Crippen LogP contribution in [0.15, 0.2) is 24.3 Å². The van der Waals surface area contributed by atoms with Crippen molar-refractivity contribution in [1.29, 1.82) is 0 Å². The van der Waals surface area contributed by atoms with Crippen molar-refractivity contribution in [3.05, 3.63) is 29.3 Å². The maximum absolute atomic E-state index is 11.9. The molecule has 0 heterocycles. The summed E-state index contributed by atoms with van der Waals surface area (Å²) in [5.74, 6) is 0.559. The summed E-state index contributed by atoms with van der Waals surface area (Å²) < 4.78 is 0. The zero-order valence-corrected chi connectivity index (χ0v) is 11.3. The number of nitrogens with one attached hydrogen (secondary N) is 2. The Bertz CT molecular complexity index is 422. The van der Waals surface area contributed by atoms with E-state index in [1.165, 1.54) is 19.3 Å². The van der Waals surface area contributed by atoms with E-state index >= 15 is 0 Å². The summed E-state index contributed by atoms with van der Waals surface area (Å²) in [6.45, 7) is 2.20. The molecule has 4 heteroatoms. The Labute approximate surface area is 113 Å². The van der Waals surface area contributed by atoms with Gasteiger partial charge in [-0.25, -0.2) is 4.79 Å². The minimum absolute atomic E-state index is 0.143. The highest BCUT2D eigenvalue weighted by Gasteiger charge is 2.22. The molecule has 1 fully saturated rings. The van der Waals surface area contributed by atoms with E-state index in [0.717, 1.165) is 12.1 Å². The smallest absolute Gasteiger partial charge is 0.319 e. The van der Waals surface area contributed by atoms with Gasteiger partial charge in [-0.1, -0.05) is 37.4 Å². The van der Waals surface area contributed by atoms with E-state index in [1.807, 2.05) is 12.1 Å². The molecule has 1 aliphatic rings. The molecule has 3 nitrogen and oxygen atoms in total. The Balaban J connectivity index is 1.88. The monoisotopic (exact) mass is 266 g/mol. The number of carbonyl (C=O) groups is 1. The number of benzene rings is 1. The topological polar surface area (TPSA) is 41.1 Å². The third kappa shape index (κ3) is 3.64. The lowest BCUT2D eigenvalue weighted by Gasteiger charge is -2.29. The van der Waals surface area contributed by atoms with Crippen LogP contribution < -0.4 is 10.6 Å². The maximum atomic E-state index is 11.9. The average Bonchev–Trinajstić information content (AvgIpc) is 2.32. The Kier molecular flexibility index (Phi) is 4.48. The first-order chi connectivity index (χ1) is 8.65. The summed E-state index contributed by atoms with van der Waals surface area (Å²) >= 11 is 5.87. The Morgan fingerprint density at radius 3 is 2.83 bits per heavy atom. The summed E-state index contributed by atoms with van der Waals surface area (Å²) in [7, 11) is 0. The lowest BCUT2D eigenvalue weighted by molar-refractivity contribution is 0.232. The summed E-state index contributed by atoms with van der Waals surface area (Å²) in [6, 6.07) is 7.32. The standard InChI is InChI=1S/C14H19ClN2O/c1-10-5-2-3-8-13(10)17-14(18)16-12-7-4-6-11(15)9-12/h4,6-7,9-10,13H,2-3,5,8H2,1H3,(H2,16,17,18). The average molecular weight is 267 g/mol. The van der Waals surface area contributed by atoms with Crippen LogP contribution in [0.2, 0.25) is 5.02 Å². The molecule has 0 bridgehead atoms. The number of hydrogen-bond donors (Lipinski definition) is 2. The van der Waals surface area contributed by atoms with Crippen molar-refractivity contribution in [2.24, 2.45) is 5.92 Å². The van der Waals surface area contributed by atoms with E-state index in [4.69, 9.17) is 11.6 Å². The molecule has 2 amide bonds. The normalized spacial score (nSPS) is 23.4. The molecule has 0 aromatic heterocycles. The third-order valence-electron chi connectivity index (χ3n) is 3.51. The predicted octanol–water partition coefficient (Wildman–Crippen LogP) is 4.04. The lowest BCUT2D eigenvalue weighted by atomic mass is 9.86. The molecule has 1 aromatic rings. The van der Waals surface area contributed by atoms with Gasteiger partial charge in [0.15, 0.2) is 0 Å². The molecule has 1 aliphatic carbocycles. The van der Waals surface area contributed by atoms with Crippen molar-refractivity contribution >= 4 is 23.3 Å². The number of carbonyl (C=O) groups excluding carboxylic acids is 1. The second kappa shape index (κ2) is 6.10. The molecule has 1 saturated carbocycles. The van der Waals surface area contributed by atoms with Gasteiger partial charge in [0.05, 0.1) is 0 Å². The molecule has 2 rings (SSSR count). The fourth-order valence-electron chi connectivity index (χ4n) is 2.43. The van der Waals surface area contributed by atoms with E-state index in [0.29, 0.717) is 10.9 Å². The zero-order valence-electron chi connectivity index (χ0n) is 10.6. The second-order valence-corrected chi connectivity index (χ2v) is 5.41. The highest BCUT2D eigenvalue weighted by Crippen LogP contribution is 2.23. The summed E-state index contributed by atoms with van der Waals surface area (Å²) in [6.07, 6.45) is 4.74. The van der Waals surface area contributed by atoms with Crippen molar-refractivity contribution in [3.63, 3.8) is 0 Å². The van der Waals surface area contributed by atoms with Gasteiger partial charge in [0, 0.05) is 16.8 Å². The van der Waals surface area contributed by atoms with E-state index < -0.39 is 0 Å². The Morgan fingerprint density at radius 1 is 1.33 bits per heavy atom. The van der Waals surface area contributed by atoms with E-state index in [-0.39, 0.29) is 12.1 Å². The fourth-order valence-corrected chi connectivity index (χ4v) is 2.62. The minimum Gasteiger partial charge on any atom is -0.335 e. The highest BCUT2D eigenvalue weighted by molar-refractivity contribution is 6.30. The first-order valence-electron chi connectivity index (χ1n) is 6.48. The van der Waals surface area contributed by atoms with Crippen LogP contribution in [-0.2, 0) is 0 Å². The lowest BCUT2D eigenvalue weighted by Crippen LogP contribution is -2.43. The van der Waals surface area contributed by atoms with Crippen molar-refractivity contribution in [2.45, 2.75) is 38.6 Å². The molecule has 18 heavy (non-hydrogen) atoms. The molecule has 1 aromatic carbocycles. The molecule has 98 valence electrons. The predicted molar refractivity (Wildman–Crippen MR) is 75.0 cm³/mol. The Morgan fingerprint density at radius 2 is 2.11 bits per heavy atom. The first kappa shape index (κ1) is 13.2. The van der Waals surface area contributed by atoms with Crippen molar-refractivity contribution in [3.8, 4) is 0 Å². The fraction of sp³-hybridized carbons (Fsp3) is 0.500. The maximum Gasteiger partial charge on any atom is 0.319 e. The highest BCUT2D eigenvalue weighted by atomic mass is 35.5. The summed E-state index contributed by atoms with van der Waals surface area (Å²) in [5, 5.41) is 6.48. The first-order valence-corrected chi connectivity index (χ1v) is 6.86. The van der Waals surface area contributed by atoms with Gasteiger partial charge in [-0.2, -0.15) is 0 Å². The van der Waals surface area contributed by atoms with Crippen molar-refractivity contribution < 1.29 is 4.79 Å². The molecular weight excluding hydrogens is 248 g/mol. The van der Waals surface area contributed by atoms with Crippen LogP contribution in [0, 0.1) is 5.92 Å². The largest absolute Gasteiger partial charge is 0.335 e. The van der Waals surface area contributed by atoms with Gasteiger partial charge < -0.3 is 10.6 Å². The van der Waals surface area contributed by atoms with Crippen LogP contribution in [0.3, 0.4) is 0 Å². The van der Waals surface area contributed by atoms with Crippen LogP contribution in [-0.4, -0.2) is 12.1 Å². The SMILES string of the molecule is CC1CCCCC1NC(=O)Nc1cccc(Cl)c1. The summed E-state index contributed by atoms with van der Waals surface area (Å²) in [5.41, 5.74) is 0.725. The number of rotatable bonds is 2. The zero-order chi connectivity index (χ0) is 13.0. The van der Waals surface area contributed by atoms with Gasteiger partial charge in [0.1, 0.15) is 0 Å². The molecule has 0 spiro atoms. The summed E-state index contributed by atoms with van der Waals surface area (Å²) in [4.78, 5) is 11.9. The molecule has 0 radical (unpaired) electrons. The van der Waals surface area contributed by atoms with Gasteiger partial charge in [0.2, 0.25) is 0 Å². The van der Waals surface area contributed by atoms with E-state index in [1.54, 1.807) is 12.1 Å². The molecule has 0 aliphatic heterocycles. The molecular formula is C14H19ClN2O. The van der Waals surface area contributed by atoms with Crippen LogP contribution in [0.4, 0.5) is 10.5 Å². The van der Waals surface area contributed by atoms with Gasteiger partial charge in [-0.3, -0.25) is 0 Å². The third-order valence-corrected chi connectivity index (χ3v) is 3.75. The van der Waals surface area contributed by atoms with Gasteiger partial charge in [-0.05, 0) is 37.0 Å². The van der Waals surface area contributed by atoms with E-state index in [9.17, 15) is 4.79 Å². The number of amides is 2. The minimum atomic E-state index is -0.143. The van der Waals surface area contributed by atoms with Gasteiger partial charge in [0.25, 0.3) is 0 Å². The van der Waals surface area contributed by atoms with Gasteiger partial charge in [-0.15, -0.1) is 0 Å².